The summed E-state index contributed by atoms with van der Waals surface area (Å²) in [5, 5.41) is 28.4. The van der Waals surface area contributed by atoms with Crippen LogP contribution >= 0.6 is 0 Å². The lowest BCUT2D eigenvalue weighted by Gasteiger charge is -2.25. The Morgan fingerprint density at radius 1 is 0.612 bits per heavy atom. The van der Waals surface area contributed by atoms with Crippen LogP contribution in [-0.4, -0.2) is 136 Å². The van der Waals surface area contributed by atoms with Crippen molar-refractivity contribution in [2.75, 3.05) is 40.5 Å². The van der Waals surface area contributed by atoms with Crippen LogP contribution in [0.3, 0.4) is 0 Å². The number of carbonyl (C=O) groups is 7. The van der Waals surface area contributed by atoms with E-state index in [0.717, 1.165) is 37.4 Å². The molecule has 0 saturated carbocycles. The number of amides is 4. The van der Waals surface area contributed by atoms with Crippen LogP contribution in [-0.2, 0) is 52.7 Å². The summed E-state index contributed by atoms with van der Waals surface area (Å²) in [6.45, 7) is 14.2. The zero-order chi connectivity index (χ0) is 50.0. The van der Waals surface area contributed by atoms with Gasteiger partial charge in [0.15, 0.2) is 5.60 Å². The third kappa shape index (κ3) is 24.2. The summed E-state index contributed by atoms with van der Waals surface area (Å²) >= 11 is 0. The zero-order valence-electron chi connectivity index (χ0n) is 40.4. The molecule has 0 radical (unpaired) electrons. The van der Waals surface area contributed by atoms with Crippen molar-refractivity contribution in [2.24, 2.45) is 0 Å². The number of hydrogen-bond donors (Lipinski definition) is 4. The number of hydrogen-bond acceptors (Lipinski definition) is 12. The largest absolute Gasteiger partial charge is 0.479 e. The lowest BCUT2D eigenvalue weighted by Crippen LogP contribution is -2.51. The summed E-state index contributed by atoms with van der Waals surface area (Å²) in [4.78, 5) is 102. The minimum Gasteiger partial charge on any atom is -0.479 e. The predicted molar refractivity (Wildman–Crippen MR) is 260 cm³/mol. The van der Waals surface area contributed by atoms with E-state index in [-0.39, 0.29) is 37.7 Å². The number of nitrogens with one attached hydrogen (secondary N) is 2. The quantitative estimate of drug-likeness (QED) is 0.0229. The Morgan fingerprint density at radius 3 is 1.28 bits per heavy atom. The van der Waals surface area contributed by atoms with E-state index in [4.69, 9.17) is 19.1 Å². The highest BCUT2D eigenvalue weighted by Gasteiger charge is 2.42. The molecular formula is C48H72N4O13Si2. The number of esters is 2. The fourth-order valence-electron chi connectivity index (χ4n) is 6.26. The van der Waals surface area contributed by atoms with Gasteiger partial charge in [0.05, 0.1) is 40.3 Å². The van der Waals surface area contributed by atoms with E-state index in [0.29, 0.717) is 38.9 Å². The third-order valence-corrected chi connectivity index (χ3v) is 13.7. The van der Waals surface area contributed by atoms with Crippen molar-refractivity contribution in [2.45, 2.75) is 120 Å². The molecule has 0 aliphatic heterocycles. The second kappa shape index (κ2) is 29.3. The first-order valence-electron chi connectivity index (χ1n) is 22.6. The smallest absolute Gasteiger partial charge is 0.336 e. The van der Waals surface area contributed by atoms with Crippen molar-refractivity contribution in [1.29, 1.82) is 0 Å². The summed E-state index contributed by atoms with van der Waals surface area (Å²) in [6, 6.07) is 17.7. The van der Waals surface area contributed by atoms with Gasteiger partial charge in [0.25, 0.3) is 11.8 Å². The number of hydroxylamine groups is 4. The van der Waals surface area contributed by atoms with Crippen LogP contribution in [0.4, 0.5) is 0 Å². The summed E-state index contributed by atoms with van der Waals surface area (Å²) in [7, 11) is -0.715. The minimum absolute atomic E-state index is 0.0307. The molecule has 0 saturated heterocycles. The maximum atomic E-state index is 13.2. The van der Waals surface area contributed by atoms with Crippen molar-refractivity contribution in [1.82, 2.24) is 20.8 Å². The molecule has 0 aliphatic carbocycles. The monoisotopic (exact) mass is 968 g/mol. The molecular weight excluding hydrogens is 897 g/mol. The van der Waals surface area contributed by atoms with Gasteiger partial charge in [0.1, 0.15) is 12.1 Å². The molecule has 17 nitrogen and oxygen atoms in total. The number of aliphatic carboxylic acids is 1. The molecule has 0 fully saturated rings. The van der Waals surface area contributed by atoms with E-state index in [2.05, 4.69) is 49.9 Å². The van der Waals surface area contributed by atoms with Crippen molar-refractivity contribution in [3.8, 4) is 0 Å². The number of carboxylic acid groups (broad SMARTS) is 1. The Labute approximate surface area is 397 Å². The van der Waals surface area contributed by atoms with Crippen LogP contribution in [0, 0.1) is 0 Å². The first kappa shape index (κ1) is 57.7. The zero-order valence-corrected chi connectivity index (χ0v) is 42.4. The summed E-state index contributed by atoms with van der Waals surface area (Å²) in [6.07, 6.45) is 5.34. The molecule has 0 bridgehead atoms. The highest BCUT2D eigenvalue weighted by Crippen LogP contribution is 2.19. The van der Waals surface area contributed by atoms with Crippen LogP contribution in [0.5, 0.6) is 0 Å². The molecule has 2 rings (SSSR count). The van der Waals surface area contributed by atoms with Crippen molar-refractivity contribution in [3.05, 3.63) is 83.9 Å². The van der Waals surface area contributed by atoms with Crippen LogP contribution in [0.2, 0.25) is 51.4 Å². The molecule has 4 N–H and O–H groups in total. The highest BCUT2D eigenvalue weighted by atomic mass is 28.3. The number of aliphatic hydroxyl groups is 1. The molecule has 2 aromatic rings. The minimum atomic E-state index is -2.93. The Bertz CT molecular complexity index is 1820. The van der Waals surface area contributed by atoms with Gasteiger partial charge in [-0.05, 0) is 73.9 Å². The van der Waals surface area contributed by atoms with E-state index in [1.165, 1.54) is 22.3 Å². The van der Waals surface area contributed by atoms with E-state index in [9.17, 15) is 43.8 Å². The molecule has 2 atom stereocenters. The van der Waals surface area contributed by atoms with Gasteiger partial charge < -0.3 is 30.3 Å². The van der Waals surface area contributed by atoms with Crippen molar-refractivity contribution in [3.63, 3.8) is 0 Å². The Balaban J connectivity index is 2.03. The number of benzene rings is 2. The van der Waals surface area contributed by atoms with E-state index in [1.54, 1.807) is 12.2 Å². The molecule has 0 unspecified atom stereocenters. The fraction of sp³-hybridized carbons (Fsp3) is 0.521. The maximum absolute atomic E-state index is 13.2. The van der Waals surface area contributed by atoms with Crippen molar-refractivity contribution < 1.29 is 62.9 Å². The second-order valence-electron chi connectivity index (χ2n) is 18.6. The molecule has 19 heteroatoms. The Morgan fingerprint density at radius 2 is 0.970 bits per heavy atom. The summed E-state index contributed by atoms with van der Waals surface area (Å²) in [5.41, 5.74) is -1.26. The predicted octanol–water partition coefficient (Wildman–Crippen LogP) is 5.86. The van der Waals surface area contributed by atoms with Crippen LogP contribution < -0.4 is 10.6 Å². The first-order valence-corrected chi connectivity index (χ1v) is 30.0. The van der Waals surface area contributed by atoms with Gasteiger partial charge in [-0.3, -0.25) is 28.9 Å². The summed E-state index contributed by atoms with van der Waals surface area (Å²) < 4.78 is 9.73. The number of nitrogens with zero attached hydrogens (tertiary/aromatic N) is 2. The molecule has 4 amide bonds. The van der Waals surface area contributed by atoms with Gasteiger partial charge in [0.2, 0.25) is 11.8 Å². The van der Waals surface area contributed by atoms with Crippen LogP contribution in [0.25, 0.3) is 12.2 Å². The molecule has 0 spiro atoms. The number of methoxy groups -OCH3 is 2. The standard InChI is InChI=1S/C48H72N4O13Si2/c1-62-45(57)39(23-15-17-29-51(64-31-33-66(3,4)5)43(55)27-25-37-19-11-9-12-20-37)49-41(53)35-48(61,47(59)60)36-42(54)50-40(46(58)63-2)24-16-18-30-52(65-32-34-67(6,7)8)44(56)28-26-38-21-13-10-14-22-38/h9-14,19-22,25-28,39-40,61H,15-18,23-24,29-36H2,1-8H3,(H,49,53)(H,50,54)(H,59,60)/b27-25+,28-26+/t39-,40-/m0/s1. The second-order valence-corrected chi connectivity index (χ2v) is 29.9. The lowest BCUT2D eigenvalue weighted by atomic mass is 9.94. The molecule has 2 aromatic carbocycles. The first-order chi connectivity index (χ1) is 31.6. The van der Waals surface area contributed by atoms with Gasteiger partial charge in [-0.15, -0.1) is 0 Å². The number of ether oxygens (including phenoxy) is 2. The van der Waals surface area contributed by atoms with Crippen LogP contribution in [0.15, 0.2) is 72.8 Å². The number of carbonyl (C=O) groups excluding carboxylic acids is 6. The molecule has 67 heavy (non-hydrogen) atoms. The van der Waals surface area contributed by atoms with Gasteiger partial charge in [0, 0.05) is 41.4 Å². The van der Waals surface area contributed by atoms with Gasteiger partial charge in [-0.25, -0.2) is 24.5 Å². The van der Waals surface area contributed by atoms with E-state index < -0.39 is 76.4 Å². The topological polar surface area (TPSA) is 227 Å². The fourth-order valence-corrected chi connectivity index (χ4v) is 7.66. The Kier molecular flexibility index (Phi) is 25.2. The van der Waals surface area contributed by atoms with E-state index >= 15 is 0 Å². The van der Waals surface area contributed by atoms with E-state index in [1.807, 2.05) is 60.7 Å². The number of rotatable bonds is 31. The number of carboxylic acids is 1. The summed E-state index contributed by atoms with van der Waals surface area (Å²) in [5.74, 6) is -6.39. The Hall–Kier alpha value is -5.48. The lowest BCUT2D eigenvalue weighted by molar-refractivity contribution is -0.179. The molecule has 370 valence electrons. The molecule has 0 aromatic heterocycles. The SMILES string of the molecule is COC(=O)[C@H](CCCCN(OCC[Si](C)(C)C)C(=O)/C=C/c1ccccc1)NC(=O)CC(O)(CC(=O)N[C@@H](CCCCN(OCC[Si](C)(C)C)C(=O)/C=C/c1ccccc1)C(=O)OC)C(=O)O. The average molecular weight is 969 g/mol. The maximum Gasteiger partial charge on any atom is 0.336 e. The van der Waals surface area contributed by atoms with Gasteiger partial charge in [-0.1, -0.05) is 99.9 Å². The highest BCUT2D eigenvalue weighted by molar-refractivity contribution is 6.76. The molecule has 0 aliphatic rings. The third-order valence-electron chi connectivity index (χ3n) is 10.3. The average Bonchev–Trinajstić information content (AvgIpc) is 3.27. The number of unbranched alkanes of at least 4 members (excludes halogenated alkanes) is 2. The normalized spacial score (nSPS) is 12.9. The van der Waals surface area contributed by atoms with Crippen LogP contribution in [0.1, 0.15) is 62.5 Å². The van der Waals surface area contributed by atoms with Crippen molar-refractivity contribution >= 4 is 69.8 Å². The molecule has 0 heterocycles. The van der Waals surface area contributed by atoms with Gasteiger partial charge >= 0.3 is 17.9 Å². The van der Waals surface area contributed by atoms with Gasteiger partial charge in [-0.2, -0.15) is 0 Å².